The van der Waals surface area contributed by atoms with Crippen molar-refractivity contribution in [1.29, 1.82) is 0 Å². The summed E-state index contributed by atoms with van der Waals surface area (Å²) in [6.45, 7) is 1.85. The molecule has 1 N–H and O–H groups in total. The van der Waals surface area contributed by atoms with Crippen molar-refractivity contribution in [3.8, 4) is 0 Å². The van der Waals surface area contributed by atoms with E-state index < -0.39 is 6.10 Å². The van der Waals surface area contributed by atoms with E-state index in [9.17, 15) is 9.50 Å². The number of hydrogen-bond acceptors (Lipinski definition) is 2. The van der Waals surface area contributed by atoms with E-state index in [0.717, 1.165) is 16.3 Å². The molecule has 0 aliphatic heterocycles. The van der Waals surface area contributed by atoms with Crippen LogP contribution in [0, 0.1) is 12.7 Å². The predicted molar refractivity (Wildman–Crippen MR) is 76.9 cm³/mol. The number of rotatable bonds is 2. The van der Waals surface area contributed by atoms with E-state index in [2.05, 4.69) is 4.98 Å². The van der Waals surface area contributed by atoms with Crippen LogP contribution in [0.1, 0.15) is 22.9 Å². The first-order valence-corrected chi connectivity index (χ1v) is 6.44. The molecule has 0 aliphatic rings. The first kappa shape index (κ1) is 12.8. The second kappa shape index (κ2) is 5.02. The molecule has 2 nitrogen and oxygen atoms in total. The molecule has 0 radical (unpaired) electrons. The summed E-state index contributed by atoms with van der Waals surface area (Å²) >= 11 is 0. The van der Waals surface area contributed by atoms with E-state index in [1.54, 1.807) is 12.3 Å². The molecular weight excluding hydrogens is 253 g/mol. The molecular formula is C17H14FNO. The van der Waals surface area contributed by atoms with Gasteiger partial charge in [-0.1, -0.05) is 30.3 Å². The Hall–Kier alpha value is -2.26. The maximum Gasteiger partial charge on any atom is 0.123 e. The van der Waals surface area contributed by atoms with Crippen LogP contribution in [0.25, 0.3) is 10.8 Å². The van der Waals surface area contributed by atoms with Crippen LogP contribution in [-0.2, 0) is 0 Å². The van der Waals surface area contributed by atoms with Gasteiger partial charge in [0.2, 0.25) is 0 Å². The highest BCUT2D eigenvalue weighted by Gasteiger charge is 2.17. The van der Waals surface area contributed by atoms with Crippen molar-refractivity contribution in [1.82, 2.24) is 4.98 Å². The van der Waals surface area contributed by atoms with Gasteiger partial charge >= 0.3 is 0 Å². The standard InChI is InChI=1S/C17H14FNO/c1-11-6-7-13(18)10-15(11)17(20)16-14-5-3-2-4-12(14)8-9-19-16/h2-10,17,20H,1H3. The Morgan fingerprint density at radius 1 is 1.10 bits per heavy atom. The molecule has 3 rings (SSSR count). The maximum atomic E-state index is 13.4. The summed E-state index contributed by atoms with van der Waals surface area (Å²) in [6.07, 6.45) is 0.729. The van der Waals surface area contributed by atoms with Gasteiger partial charge in [0.15, 0.2) is 0 Å². The topological polar surface area (TPSA) is 33.1 Å². The Labute approximate surface area is 116 Å². The van der Waals surface area contributed by atoms with Gasteiger partial charge in [-0.05, 0) is 41.6 Å². The molecule has 1 unspecified atom stereocenters. The number of aryl methyl sites for hydroxylation is 1. The number of benzene rings is 2. The van der Waals surface area contributed by atoms with Gasteiger partial charge < -0.3 is 5.11 Å². The molecule has 1 aromatic heterocycles. The van der Waals surface area contributed by atoms with Crippen LogP contribution >= 0.6 is 0 Å². The van der Waals surface area contributed by atoms with Crippen molar-refractivity contribution in [2.75, 3.05) is 0 Å². The molecule has 3 heteroatoms. The highest BCUT2D eigenvalue weighted by atomic mass is 19.1. The van der Waals surface area contributed by atoms with E-state index in [1.807, 2.05) is 37.3 Å². The van der Waals surface area contributed by atoms with Crippen LogP contribution in [-0.4, -0.2) is 10.1 Å². The zero-order chi connectivity index (χ0) is 14.1. The van der Waals surface area contributed by atoms with E-state index in [-0.39, 0.29) is 5.82 Å². The van der Waals surface area contributed by atoms with E-state index >= 15 is 0 Å². The highest BCUT2D eigenvalue weighted by molar-refractivity contribution is 5.84. The lowest BCUT2D eigenvalue weighted by atomic mass is 9.97. The van der Waals surface area contributed by atoms with Crippen molar-refractivity contribution >= 4 is 10.8 Å². The lowest BCUT2D eigenvalue weighted by Crippen LogP contribution is -2.05. The molecule has 1 heterocycles. The molecule has 2 aromatic carbocycles. The number of hydrogen-bond donors (Lipinski definition) is 1. The summed E-state index contributed by atoms with van der Waals surface area (Å²) < 4.78 is 13.4. The Balaban J connectivity index is 2.17. The first-order chi connectivity index (χ1) is 9.66. The van der Waals surface area contributed by atoms with Gasteiger partial charge in [0.25, 0.3) is 0 Å². The van der Waals surface area contributed by atoms with Gasteiger partial charge in [-0.2, -0.15) is 0 Å². The van der Waals surface area contributed by atoms with Crippen LogP contribution in [0.5, 0.6) is 0 Å². The predicted octanol–water partition coefficient (Wildman–Crippen LogP) is 3.76. The molecule has 20 heavy (non-hydrogen) atoms. The van der Waals surface area contributed by atoms with Gasteiger partial charge in [0.05, 0.1) is 5.69 Å². The third kappa shape index (κ3) is 2.17. The molecule has 0 bridgehead atoms. The molecule has 0 saturated carbocycles. The number of fused-ring (bicyclic) bond motifs is 1. The lowest BCUT2D eigenvalue weighted by molar-refractivity contribution is 0.216. The summed E-state index contributed by atoms with van der Waals surface area (Å²) in [5.74, 6) is -0.357. The van der Waals surface area contributed by atoms with Crippen LogP contribution < -0.4 is 0 Å². The molecule has 0 saturated heterocycles. The van der Waals surface area contributed by atoms with Crippen molar-refractivity contribution < 1.29 is 9.50 Å². The Morgan fingerprint density at radius 2 is 1.90 bits per heavy atom. The smallest absolute Gasteiger partial charge is 0.123 e. The van der Waals surface area contributed by atoms with E-state index in [4.69, 9.17) is 0 Å². The van der Waals surface area contributed by atoms with Crippen molar-refractivity contribution in [2.45, 2.75) is 13.0 Å². The summed E-state index contributed by atoms with van der Waals surface area (Å²) in [5, 5.41) is 12.5. The average molecular weight is 267 g/mol. The summed E-state index contributed by atoms with van der Waals surface area (Å²) in [5.41, 5.74) is 1.94. The largest absolute Gasteiger partial charge is 0.382 e. The molecule has 0 amide bonds. The fourth-order valence-electron chi connectivity index (χ4n) is 2.41. The SMILES string of the molecule is Cc1ccc(F)cc1C(O)c1nccc2ccccc12. The minimum atomic E-state index is -0.934. The van der Waals surface area contributed by atoms with Crippen LogP contribution in [0.15, 0.2) is 54.7 Å². The fraction of sp³-hybridized carbons (Fsp3) is 0.118. The number of nitrogens with zero attached hydrogens (tertiary/aromatic N) is 1. The third-order valence-electron chi connectivity index (χ3n) is 3.50. The van der Waals surface area contributed by atoms with Gasteiger partial charge in [-0.15, -0.1) is 0 Å². The number of aliphatic hydroxyl groups is 1. The number of pyridine rings is 1. The lowest BCUT2D eigenvalue weighted by Gasteiger charge is -2.15. The van der Waals surface area contributed by atoms with Crippen molar-refractivity contribution in [3.05, 3.63) is 77.4 Å². The minimum Gasteiger partial charge on any atom is -0.382 e. The van der Waals surface area contributed by atoms with E-state index in [0.29, 0.717) is 11.3 Å². The van der Waals surface area contributed by atoms with Crippen molar-refractivity contribution in [3.63, 3.8) is 0 Å². The highest BCUT2D eigenvalue weighted by Crippen LogP contribution is 2.29. The summed E-state index contributed by atoms with van der Waals surface area (Å²) in [4.78, 5) is 4.28. The van der Waals surface area contributed by atoms with Crippen LogP contribution in [0.2, 0.25) is 0 Å². The van der Waals surface area contributed by atoms with Crippen LogP contribution in [0.3, 0.4) is 0 Å². The normalized spacial score (nSPS) is 12.6. The monoisotopic (exact) mass is 267 g/mol. The minimum absolute atomic E-state index is 0.357. The Kier molecular flexibility index (Phi) is 3.20. The zero-order valence-electron chi connectivity index (χ0n) is 11.0. The fourth-order valence-corrected chi connectivity index (χ4v) is 2.41. The number of halogens is 1. The number of aromatic nitrogens is 1. The Bertz CT molecular complexity index is 765. The number of aliphatic hydroxyl groups excluding tert-OH is 1. The quantitative estimate of drug-likeness (QED) is 0.766. The summed E-state index contributed by atoms with van der Waals surface area (Å²) in [6, 6.07) is 14.0. The molecule has 1 atom stereocenters. The van der Waals surface area contributed by atoms with Gasteiger partial charge in [-0.3, -0.25) is 4.98 Å². The molecule has 0 fully saturated rings. The van der Waals surface area contributed by atoms with Crippen LogP contribution in [0.4, 0.5) is 4.39 Å². The van der Waals surface area contributed by atoms with Gasteiger partial charge in [0.1, 0.15) is 11.9 Å². The zero-order valence-corrected chi connectivity index (χ0v) is 11.0. The summed E-state index contributed by atoms with van der Waals surface area (Å²) in [7, 11) is 0. The molecule has 3 aromatic rings. The first-order valence-electron chi connectivity index (χ1n) is 6.44. The average Bonchev–Trinajstić information content (AvgIpc) is 2.48. The third-order valence-corrected chi connectivity index (χ3v) is 3.50. The second-order valence-electron chi connectivity index (χ2n) is 4.82. The molecule has 100 valence electrons. The van der Waals surface area contributed by atoms with Gasteiger partial charge in [-0.25, -0.2) is 4.39 Å². The van der Waals surface area contributed by atoms with Gasteiger partial charge in [0, 0.05) is 11.6 Å². The van der Waals surface area contributed by atoms with Crippen molar-refractivity contribution in [2.24, 2.45) is 0 Å². The Morgan fingerprint density at radius 3 is 2.75 bits per heavy atom. The molecule has 0 spiro atoms. The maximum absolute atomic E-state index is 13.4. The molecule has 0 aliphatic carbocycles. The van der Waals surface area contributed by atoms with E-state index in [1.165, 1.54) is 12.1 Å². The second-order valence-corrected chi connectivity index (χ2v) is 4.82.